The second-order valence-corrected chi connectivity index (χ2v) is 7.67. The smallest absolute Gasteiger partial charge is 0.129 e. The van der Waals surface area contributed by atoms with Gasteiger partial charge in [0.15, 0.2) is 0 Å². The number of anilines is 2. The Morgan fingerprint density at radius 3 is 2.76 bits per heavy atom. The van der Waals surface area contributed by atoms with E-state index in [1.807, 2.05) is 42.1 Å². The first-order valence-electron chi connectivity index (χ1n) is 8.65. The lowest BCUT2D eigenvalue weighted by molar-refractivity contribution is 0.303. The quantitative estimate of drug-likeness (QED) is 0.637. The van der Waals surface area contributed by atoms with Gasteiger partial charge in [-0.15, -0.1) is 0 Å². The predicted octanol–water partition coefficient (Wildman–Crippen LogP) is 3.17. The molecule has 0 spiro atoms. The van der Waals surface area contributed by atoms with E-state index >= 15 is 0 Å². The molecule has 2 fully saturated rings. The number of hydrogen-bond acceptors (Lipinski definition) is 6. The molecule has 0 atom stereocenters. The third-order valence-electron chi connectivity index (χ3n) is 4.49. The number of pyridine rings is 1. The zero-order chi connectivity index (χ0) is 17.2. The largest absolute Gasteiger partial charge is 0.490 e. The number of thioether (sulfide) groups is 1. The van der Waals surface area contributed by atoms with Gasteiger partial charge in [0.05, 0.1) is 11.8 Å². The van der Waals surface area contributed by atoms with Crippen LogP contribution in [0.3, 0.4) is 0 Å². The zero-order valence-electron chi connectivity index (χ0n) is 14.1. The van der Waals surface area contributed by atoms with Crippen molar-refractivity contribution >= 4 is 29.0 Å². The lowest BCUT2D eigenvalue weighted by atomic mass is 10.0. The second kappa shape index (κ2) is 6.96. The molecule has 0 bridgehead atoms. The third-order valence-corrected chi connectivity index (χ3v) is 5.43. The molecule has 2 aromatic rings. The number of ether oxygens (including phenoxy) is 1. The van der Waals surface area contributed by atoms with Gasteiger partial charge in [0.1, 0.15) is 11.6 Å². The Morgan fingerprint density at radius 1 is 1.20 bits per heavy atom. The molecule has 2 heterocycles. The van der Waals surface area contributed by atoms with Crippen LogP contribution < -0.4 is 15.4 Å². The van der Waals surface area contributed by atoms with Crippen molar-refractivity contribution in [3.8, 4) is 5.75 Å². The van der Waals surface area contributed by atoms with Crippen LogP contribution in [0.1, 0.15) is 24.0 Å². The van der Waals surface area contributed by atoms with Crippen LogP contribution in [0.2, 0.25) is 0 Å². The van der Waals surface area contributed by atoms with Gasteiger partial charge in [0, 0.05) is 47.6 Å². The van der Waals surface area contributed by atoms with E-state index in [1.165, 1.54) is 0 Å². The van der Waals surface area contributed by atoms with Crippen LogP contribution in [0.15, 0.2) is 36.5 Å². The molecule has 25 heavy (non-hydrogen) atoms. The van der Waals surface area contributed by atoms with Crippen molar-refractivity contribution in [2.24, 2.45) is 0 Å². The standard InChI is InChI=1S/C19H22N4OS/c20-17-4-3-15(24-14-1-2-14)12-16(17)19(21)13-5-6-22-18(11-13)23-7-9-25-10-8-23/h3-6,11-12,14,21H,1-2,7-10,20H2. The number of nitrogens with zero attached hydrogens (tertiary/aromatic N) is 2. The van der Waals surface area contributed by atoms with Gasteiger partial charge in [0.2, 0.25) is 0 Å². The van der Waals surface area contributed by atoms with Gasteiger partial charge < -0.3 is 15.4 Å². The van der Waals surface area contributed by atoms with Crippen LogP contribution in [0.5, 0.6) is 5.75 Å². The van der Waals surface area contributed by atoms with Gasteiger partial charge in [-0.2, -0.15) is 11.8 Å². The summed E-state index contributed by atoms with van der Waals surface area (Å²) in [5.74, 6) is 3.97. The summed E-state index contributed by atoms with van der Waals surface area (Å²) in [5, 5.41) is 8.63. The molecule has 1 aliphatic heterocycles. The first-order chi connectivity index (χ1) is 12.2. The maximum atomic E-state index is 8.63. The summed E-state index contributed by atoms with van der Waals surface area (Å²) in [7, 11) is 0. The van der Waals surface area contributed by atoms with Crippen molar-refractivity contribution in [3.63, 3.8) is 0 Å². The predicted molar refractivity (Wildman–Crippen MR) is 104 cm³/mol. The van der Waals surface area contributed by atoms with Gasteiger partial charge in [-0.05, 0) is 43.2 Å². The van der Waals surface area contributed by atoms with Crippen LogP contribution in [-0.2, 0) is 0 Å². The normalized spacial score (nSPS) is 17.4. The van der Waals surface area contributed by atoms with Crippen molar-refractivity contribution in [2.75, 3.05) is 35.2 Å². The average molecular weight is 354 g/mol. The summed E-state index contributed by atoms with van der Waals surface area (Å²) < 4.78 is 5.85. The van der Waals surface area contributed by atoms with Crippen molar-refractivity contribution in [3.05, 3.63) is 47.7 Å². The van der Waals surface area contributed by atoms with Gasteiger partial charge in [0.25, 0.3) is 0 Å². The average Bonchev–Trinajstić information content (AvgIpc) is 3.48. The van der Waals surface area contributed by atoms with E-state index in [0.29, 0.717) is 23.1 Å². The Hall–Kier alpha value is -2.21. The van der Waals surface area contributed by atoms with Crippen LogP contribution in [0.25, 0.3) is 0 Å². The van der Waals surface area contributed by atoms with Gasteiger partial charge in [-0.1, -0.05) is 0 Å². The summed E-state index contributed by atoms with van der Waals surface area (Å²) >= 11 is 1.97. The number of hydrogen-bond donors (Lipinski definition) is 2. The molecule has 0 radical (unpaired) electrons. The number of benzene rings is 1. The topological polar surface area (TPSA) is 75.2 Å². The van der Waals surface area contributed by atoms with Crippen LogP contribution >= 0.6 is 11.8 Å². The van der Waals surface area contributed by atoms with Crippen molar-refractivity contribution in [1.82, 2.24) is 4.98 Å². The van der Waals surface area contributed by atoms with Gasteiger partial charge in [-0.3, -0.25) is 5.41 Å². The molecule has 4 rings (SSSR count). The van der Waals surface area contributed by atoms with Crippen LogP contribution in [0.4, 0.5) is 11.5 Å². The number of rotatable bonds is 5. The molecule has 1 aromatic carbocycles. The number of aromatic nitrogens is 1. The fourth-order valence-electron chi connectivity index (χ4n) is 2.90. The Kier molecular flexibility index (Phi) is 4.53. The Labute approximate surface area is 152 Å². The highest BCUT2D eigenvalue weighted by Gasteiger charge is 2.24. The highest BCUT2D eigenvalue weighted by Crippen LogP contribution is 2.30. The molecule has 130 valence electrons. The third kappa shape index (κ3) is 3.74. The molecule has 1 aliphatic carbocycles. The molecule has 1 saturated heterocycles. The Bertz CT molecular complexity index is 785. The highest BCUT2D eigenvalue weighted by molar-refractivity contribution is 7.99. The highest BCUT2D eigenvalue weighted by atomic mass is 32.2. The van der Waals surface area contributed by atoms with E-state index in [-0.39, 0.29) is 0 Å². The van der Waals surface area contributed by atoms with Crippen LogP contribution in [-0.4, -0.2) is 41.4 Å². The lowest BCUT2D eigenvalue weighted by Crippen LogP contribution is -2.33. The molecule has 1 saturated carbocycles. The minimum atomic E-state index is 0.329. The summed E-state index contributed by atoms with van der Waals surface area (Å²) in [5.41, 5.74) is 8.68. The molecule has 0 unspecified atom stereocenters. The molecular weight excluding hydrogens is 332 g/mol. The second-order valence-electron chi connectivity index (χ2n) is 6.44. The maximum Gasteiger partial charge on any atom is 0.129 e. The van der Waals surface area contributed by atoms with Crippen molar-refractivity contribution in [2.45, 2.75) is 18.9 Å². The molecule has 0 amide bonds. The van der Waals surface area contributed by atoms with E-state index in [1.54, 1.807) is 6.20 Å². The first-order valence-corrected chi connectivity index (χ1v) is 9.80. The number of nitrogens with two attached hydrogens (primary N) is 1. The SMILES string of the molecule is N=C(c1ccnc(N2CCSCC2)c1)c1cc(OC2CC2)ccc1N. The Balaban J connectivity index is 1.59. The van der Waals surface area contributed by atoms with Gasteiger partial charge in [-0.25, -0.2) is 4.98 Å². The van der Waals surface area contributed by atoms with Crippen molar-refractivity contribution < 1.29 is 4.74 Å². The molecule has 3 N–H and O–H groups in total. The summed E-state index contributed by atoms with van der Waals surface area (Å²) in [6, 6.07) is 9.46. The minimum Gasteiger partial charge on any atom is -0.490 e. The van der Waals surface area contributed by atoms with E-state index in [4.69, 9.17) is 15.9 Å². The Morgan fingerprint density at radius 2 is 2.00 bits per heavy atom. The fraction of sp³-hybridized carbons (Fsp3) is 0.368. The fourth-order valence-corrected chi connectivity index (χ4v) is 3.80. The summed E-state index contributed by atoms with van der Waals surface area (Å²) in [4.78, 5) is 6.77. The van der Waals surface area contributed by atoms with Gasteiger partial charge >= 0.3 is 0 Å². The van der Waals surface area contributed by atoms with Crippen LogP contribution in [0, 0.1) is 5.41 Å². The first kappa shape index (κ1) is 16.3. The minimum absolute atomic E-state index is 0.329. The molecule has 2 aliphatic rings. The zero-order valence-corrected chi connectivity index (χ0v) is 14.9. The van der Waals surface area contributed by atoms with E-state index in [0.717, 1.165) is 54.6 Å². The molecule has 5 nitrogen and oxygen atoms in total. The van der Waals surface area contributed by atoms with E-state index < -0.39 is 0 Å². The number of nitrogen functional groups attached to an aromatic ring is 1. The maximum absolute atomic E-state index is 8.63. The molecule has 6 heteroatoms. The lowest BCUT2D eigenvalue weighted by Gasteiger charge is -2.27. The van der Waals surface area contributed by atoms with E-state index in [9.17, 15) is 0 Å². The summed E-state index contributed by atoms with van der Waals surface area (Å²) in [6.07, 6.45) is 4.33. The number of nitrogens with one attached hydrogen (secondary N) is 1. The molecular formula is C19H22N4OS. The summed E-state index contributed by atoms with van der Waals surface area (Å²) in [6.45, 7) is 2.00. The van der Waals surface area contributed by atoms with E-state index in [2.05, 4.69) is 9.88 Å². The molecule has 1 aromatic heterocycles. The van der Waals surface area contributed by atoms with Crippen molar-refractivity contribution in [1.29, 1.82) is 5.41 Å². The monoisotopic (exact) mass is 354 g/mol.